The zero-order chi connectivity index (χ0) is 21.8. The number of alkyl halides is 2. The second kappa shape index (κ2) is 9.15. The van der Waals surface area contributed by atoms with E-state index in [0.717, 1.165) is 10.4 Å². The van der Waals surface area contributed by atoms with Crippen molar-refractivity contribution in [3.8, 4) is 5.75 Å². The van der Waals surface area contributed by atoms with Gasteiger partial charge < -0.3 is 10.1 Å². The fraction of sp³-hybridized carbons (Fsp3) is 0.250. The molecule has 0 bridgehead atoms. The molecule has 2 aromatic carbocycles. The van der Waals surface area contributed by atoms with Gasteiger partial charge in [-0.15, -0.1) is 0 Å². The first-order chi connectivity index (χ1) is 13.5. The zero-order valence-electron chi connectivity index (χ0n) is 16.4. The largest absolute Gasteiger partial charge is 0.434 e. The molecule has 156 valence electrons. The topological polar surface area (TPSA) is 75.7 Å². The molecule has 0 spiro atoms. The van der Waals surface area contributed by atoms with Crippen molar-refractivity contribution in [1.29, 1.82) is 0 Å². The smallest absolute Gasteiger partial charge is 0.387 e. The van der Waals surface area contributed by atoms with E-state index in [1.165, 1.54) is 50.5 Å². The highest BCUT2D eigenvalue weighted by Gasteiger charge is 2.20. The van der Waals surface area contributed by atoms with Crippen molar-refractivity contribution in [2.24, 2.45) is 0 Å². The van der Waals surface area contributed by atoms with Crippen molar-refractivity contribution in [1.82, 2.24) is 4.31 Å². The molecule has 0 aromatic heterocycles. The number of amides is 1. The van der Waals surface area contributed by atoms with E-state index in [2.05, 4.69) is 10.1 Å². The number of ether oxygens (including phenoxy) is 1. The van der Waals surface area contributed by atoms with Gasteiger partial charge in [0.05, 0.1) is 4.90 Å². The Labute approximate surface area is 168 Å². The van der Waals surface area contributed by atoms with Gasteiger partial charge in [-0.3, -0.25) is 4.79 Å². The number of rotatable bonds is 7. The number of nitrogens with one attached hydrogen (secondary N) is 1. The van der Waals surface area contributed by atoms with Crippen LogP contribution < -0.4 is 10.1 Å². The third-order valence-corrected chi connectivity index (χ3v) is 6.02. The van der Waals surface area contributed by atoms with Crippen LogP contribution in [0.25, 0.3) is 6.08 Å². The summed E-state index contributed by atoms with van der Waals surface area (Å²) >= 11 is 0. The van der Waals surface area contributed by atoms with E-state index in [-0.39, 0.29) is 10.6 Å². The Hall–Kier alpha value is -2.78. The molecule has 0 atom stereocenters. The highest BCUT2D eigenvalue weighted by Crippen LogP contribution is 2.26. The highest BCUT2D eigenvalue weighted by molar-refractivity contribution is 7.89. The maximum Gasteiger partial charge on any atom is 0.387 e. The third kappa shape index (κ3) is 5.61. The molecule has 0 unspecified atom stereocenters. The number of para-hydroxylation sites is 1. The maximum atomic E-state index is 12.5. The summed E-state index contributed by atoms with van der Waals surface area (Å²) in [5, 5.41) is 2.64. The number of carbonyl (C=O) groups excluding carboxylic acids is 1. The number of nitrogens with zero attached hydrogens (tertiary/aromatic N) is 1. The van der Waals surface area contributed by atoms with Crippen molar-refractivity contribution >= 4 is 27.7 Å². The minimum atomic E-state index is -3.67. The lowest BCUT2D eigenvalue weighted by molar-refractivity contribution is -0.111. The monoisotopic (exact) mass is 424 g/mol. The van der Waals surface area contributed by atoms with Crippen LogP contribution in [0.2, 0.25) is 0 Å². The summed E-state index contributed by atoms with van der Waals surface area (Å²) in [6.45, 7) is 0.519. The summed E-state index contributed by atoms with van der Waals surface area (Å²) in [5.74, 6) is -0.601. The molecule has 1 N–H and O–H groups in total. The lowest BCUT2D eigenvalue weighted by atomic mass is 10.1. The Kier molecular flexibility index (Phi) is 7.10. The zero-order valence-corrected chi connectivity index (χ0v) is 17.3. The van der Waals surface area contributed by atoms with E-state index in [1.807, 2.05) is 0 Å². The minimum absolute atomic E-state index is 0.0561. The van der Waals surface area contributed by atoms with Gasteiger partial charge in [0.1, 0.15) is 5.75 Å². The molecule has 1 amide bonds. The summed E-state index contributed by atoms with van der Waals surface area (Å²) in [7, 11) is -0.828. The summed E-state index contributed by atoms with van der Waals surface area (Å²) in [6.07, 6.45) is 2.51. The van der Waals surface area contributed by atoms with Crippen molar-refractivity contribution in [3.63, 3.8) is 0 Å². The van der Waals surface area contributed by atoms with Gasteiger partial charge in [0.15, 0.2) is 0 Å². The maximum absolute atomic E-state index is 12.5. The molecule has 0 heterocycles. The average Bonchev–Trinajstić information content (AvgIpc) is 2.63. The van der Waals surface area contributed by atoms with Crippen LogP contribution >= 0.6 is 0 Å². The molecule has 6 nitrogen and oxygen atoms in total. The van der Waals surface area contributed by atoms with Crippen LogP contribution in [0.5, 0.6) is 5.75 Å². The Morgan fingerprint density at radius 2 is 1.83 bits per heavy atom. The molecule has 9 heteroatoms. The Bertz CT molecular complexity index is 1030. The minimum Gasteiger partial charge on any atom is -0.434 e. The Morgan fingerprint density at radius 3 is 2.45 bits per heavy atom. The normalized spacial score (nSPS) is 12.0. The summed E-state index contributed by atoms with van der Waals surface area (Å²) in [4.78, 5) is 12.4. The summed E-state index contributed by atoms with van der Waals surface area (Å²) in [6, 6.07) is 8.98. The van der Waals surface area contributed by atoms with Crippen molar-refractivity contribution in [2.75, 3.05) is 19.4 Å². The summed E-state index contributed by atoms with van der Waals surface area (Å²) in [5.41, 5.74) is 2.06. The van der Waals surface area contributed by atoms with Crippen molar-refractivity contribution in [2.45, 2.75) is 25.4 Å². The second-order valence-corrected chi connectivity index (χ2v) is 8.59. The molecule has 0 aliphatic heterocycles. The number of anilines is 1. The predicted molar refractivity (Wildman–Crippen MR) is 108 cm³/mol. The molecule has 0 radical (unpaired) electrons. The fourth-order valence-corrected chi connectivity index (χ4v) is 3.49. The van der Waals surface area contributed by atoms with Gasteiger partial charge in [-0.25, -0.2) is 12.7 Å². The van der Waals surface area contributed by atoms with Gasteiger partial charge in [-0.1, -0.05) is 18.2 Å². The van der Waals surface area contributed by atoms with Gasteiger partial charge in [0.2, 0.25) is 15.9 Å². The van der Waals surface area contributed by atoms with Gasteiger partial charge >= 0.3 is 6.61 Å². The molecule has 0 aliphatic carbocycles. The van der Waals surface area contributed by atoms with Crippen molar-refractivity contribution in [3.05, 3.63) is 59.2 Å². The molecular formula is C20H22F2N2O4S. The molecule has 0 aliphatic rings. The second-order valence-electron chi connectivity index (χ2n) is 6.44. The highest BCUT2D eigenvalue weighted by atomic mass is 32.2. The van der Waals surface area contributed by atoms with Crippen LogP contribution in [-0.4, -0.2) is 39.3 Å². The van der Waals surface area contributed by atoms with Crippen LogP contribution in [0.15, 0.2) is 47.4 Å². The molecular weight excluding hydrogens is 402 g/mol. The van der Waals surface area contributed by atoms with Crippen molar-refractivity contribution < 1.29 is 26.7 Å². The number of hydrogen-bond donors (Lipinski definition) is 1. The number of hydrogen-bond acceptors (Lipinski definition) is 4. The molecule has 0 saturated carbocycles. The van der Waals surface area contributed by atoms with Crippen LogP contribution in [0.1, 0.15) is 16.7 Å². The lowest BCUT2D eigenvalue weighted by Gasteiger charge is -2.16. The average molecular weight is 424 g/mol. The quantitative estimate of drug-likeness (QED) is 0.686. The van der Waals surface area contributed by atoms with Gasteiger partial charge in [0.25, 0.3) is 0 Å². The van der Waals surface area contributed by atoms with E-state index in [9.17, 15) is 22.0 Å². The van der Waals surface area contributed by atoms with E-state index < -0.39 is 22.5 Å². The van der Waals surface area contributed by atoms with Gasteiger partial charge in [-0.05, 0) is 49.2 Å². The van der Waals surface area contributed by atoms with E-state index in [0.29, 0.717) is 22.4 Å². The van der Waals surface area contributed by atoms with Crippen LogP contribution in [0.3, 0.4) is 0 Å². The van der Waals surface area contributed by atoms with E-state index in [1.54, 1.807) is 19.9 Å². The molecule has 2 aromatic rings. The first-order valence-corrected chi connectivity index (χ1v) is 10.0. The number of benzene rings is 2. The van der Waals surface area contributed by atoms with E-state index in [4.69, 9.17) is 0 Å². The molecule has 29 heavy (non-hydrogen) atoms. The molecule has 2 rings (SSSR count). The first-order valence-electron chi connectivity index (χ1n) is 8.59. The van der Waals surface area contributed by atoms with E-state index >= 15 is 0 Å². The Balaban J connectivity index is 2.28. The molecule has 0 fully saturated rings. The number of carbonyl (C=O) groups is 1. The van der Waals surface area contributed by atoms with Gasteiger partial charge in [-0.2, -0.15) is 8.78 Å². The first kappa shape index (κ1) is 22.5. The van der Waals surface area contributed by atoms with Crippen LogP contribution in [0.4, 0.5) is 14.5 Å². The fourth-order valence-electron chi connectivity index (χ4n) is 2.48. The van der Waals surface area contributed by atoms with Crippen LogP contribution in [-0.2, 0) is 14.8 Å². The standard InChI is InChI=1S/C20H22F2N2O4S/c1-13-11-16(29(26,27)24(3)4)12-17(14(13)2)23-19(25)10-9-15-7-5-6-8-18(15)28-20(21)22/h5-12,20H,1-4H3,(H,23,25)/b10-9+. The summed E-state index contributed by atoms with van der Waals surface area (Å²) < 4.78 is 55.3. The lowest BCUT2D eigenvalue weighted by Crippen LogP contribution is -2.22. The number of halogens is 2. The Morgan fingerprint density at radius 1 is 1.17 bits per heavy atom. The third-order valence-electron chi connectivity index (χ3n) is 4.23. The van der Waals surface area contributed by atoms with Crippen LogP contribution in [0, 0.1) is 13.8 Å². The number of sulfonamides is 1. The SMILES string of the molecule is Cc1cc(S(=O)(=O)N(C)C)cc(NC(=O)/C=C/c2ccccc2OC(F)F)c1C. The van der Waals surface area contributed by atoms with Gasteiger partial charge in [0, 0.05) is 31.4 Å². The molecule has 0 saturated heterocycles. The predicted octanol–water partition coefficient (Wildman–Crippen LogP) is 3.81. The number of aryl methyl sites for hydroxylation is 1.